The fraction of sp³-hybridized carbons (Fsp3) is 0. The van der Waals surface area contributed by atoms with Gasteiger partial charge in [-0.3, -0.25) is 0 Å². The van der Waals surface area contributed by atoms with Crippen LogP contribution in [0.2, 0.25) is 0 Å². The molecule has 0 nitrogen and oxygen atoms in total. The topological polar surface area (TPSA) is 0 Å². The molecule has 11 aromatic rings. The monoisotopic (exact) mass is 716 g/mol. The molecule has 0 heterocycles. The molecule has 0 radical (unpaired) electrons. The molecule has 250 valence electrons. The van der Waals surface area contributed by atoms with Crippen LogP contribution in [0.25, 0.3) is 109 Å². The summed E-state index contributed by atoms with van der Waals surface area (Å²) in [5.74, 6) is 0. The van der Waals surface area contributed by atoms with Crippen LogP contribution in [0.5, 0.6) is 0 Å². The third-order valence-corrected chi connectivity index (χ3v) is 8.94. The molecule has 0 unspecified atom stereocenters. The van der Waals surface area contributed by atoms with Crippen LogP contribution >= 0.6 is 0 Å². The fourth-order valence-electron chi connectivity index (χ4n) is 6.75. The summed E-state index contributed by atoms with van der Waals surface area (Å²) < 4.78 is 312. The van der Waals surface area contributed by atoms with Gasteiger partial charge in [-0.05, 0) is 121 Å². The SMILES string of the molecule is [2H]c1c([2H])c([2H])c(-c2c3c([2H])c([2H])c([2H])c([2H])c3c(-c3c([2H])c([2H])c4c([2H])c([2H])c5c([2H])c([2H])c(-c6c7c([2H])c([2H])c([2H])c([2H])c7c(-c7c([2H])c([2H])c([2H])c([2H])c7[2H])c7c([2H])c([2H])c([2H])c([2H])c67)c([2H])c5c4c3[2H])c3c([2H])c([2H])c([2H])c([2H])c23)c([2H])c1[2H]. The van der Waals surface area contributed by atoms with Gasteiger partial charge < -0.3 is 0 Å². The van der Waals surface area contributed by atoms with Crippen molar-refractivity contribution in [1.29, 1.82) is 0 Å². The minimum Gasteiger partial charge on any atom is -0.0622 e. The molecule has 0 saturated carbocycles. The van der Waals surface area contributed by atoms with E-state index in [4.69, 9.17) is 24.7 Å². The van der Waals surface area contributed by atoms with Gasteiger partial charge in [0.1, 0.15) is 0 Å². The van der Waals surface area contributed by atoms with E-state index in [0.29, 0.717) is 0 Å². The maximum Gasteiger partial charge on any atom is 0.0636 e. The van der Waals surface area contributed by atoms with Crippen LogP contribution in [-0.4, -0.2) is 0 Å². The highest BCUT2D eigenvalue weighted by Gasteiger charge is 2.19. The van der Waals surface area contributed by atoms with E-state index in [1.807, 2.05) is 0 Å². The first-order chi connectivity index (χ1) is 41.0. The number of benzene rings is 11. The highest BCUT2D eigenvalue weighted by molar-refractivity contribution is 6.24. The molecule has 0 saturated heterocycles. The molecule has 11 aromatic carbocycles. The summed E-state index contributed by atoms with van der Waals surface area (Å²) in [6.45, 7) is 0. The third-order valence-electron chi connectivity index (χ3n) is 8.94. The van der Waals surface area contributed by atoms with E-state index < -0.39 is 315 Å². The lowest BCUT2D eigenvalue weighted by Crippen LogP contribution is -1.91. The van der Waals surface area contributed by atoms with Crippen LogP contribution in [-0.2, 0) is 0 Å². The highest BCUT2D eigenvalue weighted by Crippen LogP contribution is 2.46. The molecular formula is C54H34. The molecule has 0 atom stereocenters. The lowest BCUT2D eigenvalue weighted by atomic mass is 9.84. The van der Waals surface area contributed by atoms with Crippen LogP contribution in [0, 0.1) is 0 Å². The van der Waals surface area contributed by atoms with Gasteiger partial charge in [0, 0.05) is 0 Å². The first kappa shape index (κ1) is 12.0. The maximum atomic E-state index is 10.3. The third kappa shape index (κ3) is 4.71. The first-order valence-electron chi connectivity index (χ1n) is 33.0. The summed E-state index contributed by atoms with van der Waals surface area (Å²) in [5, 5.41) is -9.77. The van der Waals surface area contributed by atoms with Gasteiger partial charge in [-0.1, -0.05) is 193 Å². The molecule has 11 rings (SSSR count). The Balaban J connectivity index is 1.46. The average molecular weight is 717 g/mol. The standard InChI is InChI=1S/C54H34/c1-3-15-37(16-4-1)51-41-19-7-11-23-45(41)53(46-24-12-8-20-42(46)51)39-31-29-35-27-28-36-30-32-40(34-50(36)49(35)33-39)54-47-25-13-9-21-43(47)52(38-17-5-2-6-18-38)44-22-10-14-26-48(44)54/h1-34H/i1D,2D,3D,4D,5D,6D,7D,8D,9D,10D,11D,12D,13D,14D,15D,16D,17D,18D,19D,20D,21D,22D,23D,24D,25D,26D,27D,28D,29D,30D,31D,32D,33D,34D. The molecule has 54 heavy (non-hydrogen) atoms. The van der Waals surface area contributed by atoms with Crippen molar-refractivity contribution < 1.29 is 46.6 Å². The van der Waals surface area contributed by atoms with Gasteiger partial charge in [-0.2, -0.15) is 0 Å². The lowest BCUT2D eigenvalue weighted by Gasteiger charge is -2.19. The lowest BCUT2D eigenvalue weighted by molar-refractivity contribution is 1.66. The Bertz CT molecular complexity index is 4700. The highest BCUT2D eigenvalue weighted by atomic mass is 14.2. The minimum absolute atomic E-state index is 0.750. The summed E-state index contributed by atoms with van der Waals surface area (Å²) in [7, 11) is 0. The zero-order chi connectivity index (χ0) is 65.2. The number of fused-ring (bicyclic) bond motifs is 7. The van der Waals surface area contributed by atoms with Gasteiger partial charge in [0.15, 0.2) is 0 Å². The van der Waals surface area contributed by atoms with Gasteiger partial charge in [0.05, 0.1) is 46.6 Å². The van der Waals surface area contributed by atoms with Crippen molar-refractivity contribution in [3.05, 3.63) is 205 Å². The zero-order valence-corrected chi connectivity index (χ0v) is 27.0. The Morgan fingerprint density at radius 1 is 0.204 bits per heavy atom. The van der Waals surface area contributed by atoms with Gasteiger partial charge in [0.2, 0.25) is 0 Å². The second kappa shape index (κ2) is 12.3. The molecule has 0 aliphatic rings. The van der Waals surface area contributed by atoms with Crippen molar-refractivity contribution >= 4 is 64.6 Å². The molecule has 0 heteroatoms. The smallest absolute Gasteiger partial charge is 0.0622 e. The summed E-state index contributed by atoms with van der Waals surface area (Å²) in [4.78, 5) is 0. The summed E-state index contributed by atoms with van der Waals surface area (Å²) >= 11 is 0. The Kier molecular flexibility index (Phi) is 2.73. The van der Waals surface area contributed by atoms with Crippen molar-refractivity contribution in [3.8, 4) is 44.5 Å². The van der Waals surface area contributed by atoms with E-state index >= 15 is 0 Å². The zero-order valence-electron chi connectivity index (χ0n) is 61.0. The van der Waals surface area contributed by atoms with Crippen molar-refractivity contribution in [3.63, 3.8) is 0 Å². The Morgan fingerprint density at radius 2 is 0.444 bits per heavy atom. The average Bonchev–Trinajstić information content (AvgIpc) is 0.702. The minimum atomic E-state index is -1.14. The molecule has 0 N–H and O–H groups in total. The van der Waals surface area contributed by atoms with E-state index in [1.54, 1.807) is 0 Å². The predicted octanol–water partition coefficient (Wildman–Crippen LogP) is 15.3. The van der Waals surface area contributed by atoms with Gasteiger partial charge in [0.25, 0.3) is 0 Å². The molecule has 0 fully saturated rings. The Hall–Kier alpha value is -7.02. The first-order valence-corrected chi connectivity index (χ1v) is 16.0. The van der Waals surface area contributed by atoms with Crippen molar-refractivity contribution in [2.45, 2.75) is 0 Å². The van der Waals surface area contributed by atoms with Crippen molar-refractivity contribution in [1.82, 2.24) is 0 Å². The maximum absolute atomic E-state index is 10.3. The molecule has 0 spiro atoms. The van der Waals surface area contributed by atoms with Crippen LogP contribution in [0.1, 0.15) is 46.6 Å². The normalized spacial score (nSPS) is 20.5. The van der Waals surface area contributed by atoms with Crippen LogP contribution in [0.4, 0.5) is 0 Å². The largest absolute Gasteiger partial charge is 0.0636 e. The quantitative estimate of drug-likeness (QED) is 0.126. The van der Waals surface area contributed by atoms with Gasteiger partial charge >= 0.3 is 0 Å². The van der Waals surface area contributed by atoms with E-state index in [9.17, 15) is 21.9 Å². The summed E-state index contributed by atoms with van der Waals surface area (Å²) in [6.07, 6.45) is 0. The number of hydrogen-bond donors (Lipinski definition) is 0. The molecule has 0 aliphatic carbocycles. The van der Waals surface area contributed by atoms with Crippen LogP contribution in [0.3, 0.4) is 0 Å². The second-order valence-electron chi connectivity index (χ2n) is 11.8. The summed E-state index contributed by atoms with van der Waals surface area (Å²) in [5.41, 5.74) is -6.74. The number of rotatable bonds is 4. The molecule has 0 aliphatic heterocycles. The molecule has 0 aromatic heterocycles. The Labute approximate surface area is 362 Å². The van der Waals surface area contributed by atoms with Crippen LogP contribution < -0.4 is 0 Å². The van der Waals surface area contributed by atoms with Crippen molar-refractivity contribution in [2.24, 2.45) is 0 Å². The van der Waals surface area contributed by atoms with E-state index in [1.165, 1.54) is 0 Å². The van der Waals surface area contributed by atoms with E-state index in [0.717, 1.165) is 0 Å². The van der Waals surface area contributed by atoms with Gasteiger partial charge in [-0.25, -0.2) is 0 Å². The molecule has 0 amide bonds. The molecular weight excluding hydrogens is 649 g/mol. The van der Waals surface area contributed by atoms with E-state index in [-0.39, 0.29) is 0 Å². The Morgan fingerprint density at radius 3 is 0.741 bits per heavy atom. The second-order valence-corrected chi connectivity index (χ2v) is 11.8. The summed E-state index contributed by atoms with van der Waals surface area (Å²) in [6, 6.07) is -35.3. The van der Waals surface area contributed by atoms with E-state index in [2.05, 4.69) is 0 Å². The predicted molar refractivity (Wildman–Crippen MR) is 233 cm³/mol. The number of hydrogen-bond acceptors (Lipinski definition) is 0. The van der Waals surface area contributed by atoms with Crippen LogP contribution in [0.15, 0.2) is 205 Å². The fourth-order valence-corrected chi connectivity index (χ4v) is 6.75. The van der Waals surface area contributed by atoms with Crippen molar-refractivity contribution in [2.75, 3.05) is 0 Å². The molecule has 0 bridgehead atoms. The van der Waals surface area contributed by atoms with Gasteiger partial charge in [-0.15, -0.1) is 0 Å².